The first-order chi connectivity index (χ1) is 15.1. The molecule has 0 spiro atoms. The van der Waals surface area contributed by atoms with E-state index < -0.39 is 21.3 Å². The van der Waals surface area contributed by atoms with Crippen LogP contribution in [-0.2, 0) is 29.8 Å². The average Bonchev–Trinajstić information content (AvgIpc) is 3.28. The van der Waals surface area contributed by atoms with Crippen LogP contribution in [0.1, 0.15) is 43.6 Å². The van der Waals surface area contributed by atoms with Gasteiger partial charge in [0.25, 0.3) is 5.91 Å². The Hall–Kier alpha value is -2.34. The van der Waals surface area contributed by atoms with Gasteiger partial charge in [0.15, 0.2) is 26.8 Å². The Morgan fingerprint density at radius 2 is 2.00 bits per heavy atom. The predicted octanol–water partition coefficient (Wildman–Crippen LogP) is 2.45. The van der Waals surface area contributed by atoms with Gasteiger partial charge in [0.1, 0.15) is 0 Å². The number of carbonyl (C=O) groups excluding carboxylic acids is 1. The van der Waals surface area contributed by atoms with Crippen molar-refractivity contribution in [1.82, 2.24) is 4.98 Å². The third kappa shape index (κ3) is 5.17. The SMILES string of the molecule is CC(C)(O)c1cnc(NC(=O)C(=NO[C@@H]2CCOC2)c2ccc(S(=O)(=O)C3CC3)cc2)s1. The maximum absolute atomic E-state index is 13.0. The van der Waals surface area contributed by atoms with E-state index in [0.29, 0.717) is 48.0 Å². The summed E-state index contributed by atoms with van der Waals surface area (Å²) in [7, 11) is -3.33. The lowest BCUT2D eigenvalue weighted by Crippen LogP contribution is -2.25. The highest BCUT2D eigenvalue weighted by atomic mass is 32.2. The summed E-state index contributed by atoms with van der Waals surface area (Å²) in [5.74, 6) is -0.557. The van der Waals surface area contributed by atoms with Crippen LogP contribution in [0.5, 0.6) is 0 Å². The lowest BCUT2D eigenvalue weighted by molar-refractivity contribution is -0.110. The highest BCUT2D eigenvalue weighted by Gasteiger charge is 2.36. The molecule has 2 fully saturated rings. The number of rotatable bonds is 8. The number of carbonyl (C=O) groups is 1. The van der Waals surface area contributed by atoms with Crippen LogP contribution in [0.2, 0.25) is 0 Å². The number of benzene rings is 1. The number of nitrogens with zero attached hydrogens (tertiary/aromatic N) is 2. The van der Waals surface area contributed by atoms with Crippen LogP contribution < -0.4 is 5.32 Å². The second-order valence-electron chi connectivity index (χ2n) is 8.34. The van der Waals surface area contributed by atoms with Crippen LogP contribution in [0.4, 0.5) is 5.13 Å². The monoisotopic (exact) mass is 479 g/mol. The minimum Gasteiger partial charge on any atom is -0.389 e. The van der Waals surface area contributed by atoms with Crippen molar-refractivity contribution >= 4 is 37.9 Å². The van der Waals surface area contributed by atoms with Crippen molar-refractivity contribution < 1.29 is 27.9 Å². The van der Waals surface area contributed by atoms with Crippen LogP contribution in [0.25, 0.3) is 0 Å². The molecule has 0 unspecified atom stereocenters. The van der Waals surface area contributed by atoms with E-state index in [0.717, 1.165) is 11.3 Å². The van der Waals surface area contributed by atoms with E-state index in [1.54, 1.807) is 26.0 Å². The van der Waals surface area contributed by atoms with E-state index >= 15 is 0 Å². The number of ether oxygens (including phenoxy) is 1. The molecule has 9 nitrogen and oxygen atoms in total. The molecule has 1 aliphatic heterocycles. The summed E-state index contributed by atoms with van der Waals surface area (Å²) >= 11 is 1.15. The molecule has 0 bridgehead atoms. The Morgan fingerprint density at radius 3 is 2.56 bits per heavy atom. The molecule has 1 saturated heterocycles. The standard InChI is InChI=1S/C21H25N3O6S2/c1-21(2,26)17-11-22-20(31-17)23-19(25)18(24-30-14-9-10-29-12-14)13-3-5-15(6-4-13)32(27,28)16-7-8-16/h3-6,11,14,16,26H,7-10,12H2,1-2H3,(H,22,23,25)/t14-/m1/s1. The minimum atomic E-state index is -3.33. The van der Waals surface area contributed by atoms with E-state index in [4.69, 9.17) is 9.57 Å². The molecular formula is C21H25N3O6S2. The molecule has 4 rings (SSSR count). The largest absolute Gasteiger partial charge is 0.389 e. The molecule has 2 aliphatic rings. The number of thiazole rings is 1. The molecule has 2 aromatic rings. The van der Waals surface area contributed by atoms with Gasteiger partial charge < -0.3 is 14.7 Å². The summed E-state index contributed by atoms with van der Waals surface area (Å²) in [5.41, 5.74) is -0.672. The molecule has 32 heavy (non-hydrogen) atoms. The molecule has 1 atom stereocenters. The number of amides is 1. The average molecular weight is 480 g/mol. The fourth-order valence-electron chi connectivity index (χ4n) is 3.09. The number of aliphatic hydroxyl groups is 1. The van der Waals surface area contributed by atoms with Crippen LogP contribution >= 0.6 is 11.3 Å². The first-order valence-corrected chi connectivity index (χ1v) is 12.7. The molecule has 0 radical (unpaired) electrons. The number of aromatic nitrogens is 1. The van der Waals surface area contributed by atoms with Crippen molar-refractivity contribution in [3.05, 3.63) is 40.9 Å². The number of oxime groups is 1. The summed E-state index contributed by atoms with van der Waals surface area (Å²) in [6.45, 7) is 4.22. The fraction of sp³-hybridized carbons (Fsp3) is 0.476. The number of nitrogens with one attached hydrogen (secondary N) is 1. The molecule has 1 amide bonds. The lowest BCUT2D eigenvalue weighted by Gasteiger charge is -2.13. The van der Waals surface area contributed by atoms with E-state index in [1.165, 1.54) is 18.3 Å². The molecule has 1 aromatic heterocycles. The Bertz CT molecular complexity index is 1110. The zero-order chi connectivity index (χ0) is 22.9. The first-order valence-electron chi connectivity index (χ1n) is 10.3. The summed E-state index contributed by atoms with van der Waals surface area (Å²) in [5, 5.41) is 16.9. The van der Waals surface area contributed by atoms with Crippen LogP contribution in [0.15, 0.2) is 40.5 Å². The Labute approximate surface area is 190 Å². The van der Waals surface area contributed by atoms with Crippen LogP contribution in [0.3, 0.4) is 0 Å². The molecule has 1 aromatic carbocycles. The van der Waals surface area contributed by atoms with Crippen molar-refractivity contribution in [3.8, 4) is 0 Å². The quantitative estimate of drug-likeness (QED) is 0.440. The normalized spacial score (nSPS) is 19.7. The van der Waals surface area contributed by atoms with Crippen molar-refractivity contribution in [2.75, 3.05) is 18.5 Å². The van der Waals surface area contributed by atoms with Crippen molar-refractivity contribution in [1.29, 1.82) is 0 Å². The number of anilines is 1. The molecule has 11 heteroatoms. The summed E-state index contributed by atoms with van der Waals surface area (Å²) < 4.78 is 30.2. The van der Waals surface area contributed by atoms with Gasteiger partial charge in [-0.1, -0.05) is 28.6 Å². The van der Waals surface area contributed by atoms with Gasteiger partial charge in [-0.3, -0.25) is 10.1 Å². The molecule has 172 valence electrons. The zero-order valence-electron chi connectivity index (χ0n) is 17.8. The third-order valence-electron chi connectivity index (χ3n) is 5.14. The molecule has 2 N–H and O–H groups in total. The number of hydrogen-bond acceptors (Lipinski definition) is 9. The Morgan fingerprint density at radius 1 is 1.28 bits per heavy atom. The van der Waals surface area contributed by atoms with Crippen molar-refractivity contribution in [2.24, 2.45) is 5.16 Å². The Balaban J connectivity index is 1.57. The van der Waals surface area contributed by atoms with Gasteiger partial charge in [-0.05, 0) is 38.8 Å². The van der Waals surface area contributed by atoms with Gasteiger partial charge in [-0.2, -0.15) is 0 Å². The van der Waals surface area contributed by atoms with Crippen molar-refractivity contribution in [3.63, 3.8) is 0 Å². The smallest absolute Gasteiger partial charge is 0.280 e. The van der Waals surface area contributed by atoms with Crippen molar-refractivity contribution in [2.45, 2.75) is 55.0 Å². The van der Waals surface area contributed by atoms with Crippen LogP contribution in [-0.4, -0.2) is 54.7 Å². The second-order valence-corrected chi connectivity index (χ2v) is 11.6. The topological polar surface area (TPSA) is 127 Å². The lowest BCUT2D eigenvalue weighted by atomic mass is 10.1. The molecule has 1 saturated carbocycles. The highest BCUT2D eigenvalue weighted by molar-refractivity contribution is 7.92. The van der Waals surface area contributed by atoms with Gasteiger partial charge in [-0.15, -0.1) is 0 Å². The Kier molecular flexibility index (Phi) is 6.35. The van der Waals surface area contributed by atoms with Gasteiger partial charge in [-0.25, -0.2) is 13.4 Å². The minimum absolute atomic E-state index is 0.00715. The first kappa shape index (κ1) is 22.8. The van der Waals surface area contributed by atoms with Crippen LogP contribution in [0, 0.1) is 0 Å². The third-order valence-corrected chi connectivity index (χ3v) is 8.65. The van der Waals surface area contributed by atoms with Gasteiger partial charge in [0, 0.05) is 18.2 Å². The van der Waals surface area contributed by atoms with E-state index in [9.17, 15) is 18.3 Å². The number of hydrogen-bond donors (Lipinski definition) is 2. The van der Waals surface area contributed by atoms with Gasteiger partial charge >= 0.3 is 0 Å². The zero-order valence-corrected chi connectivity index (χ0v) is 19.4. The predicted molar refractivity (Wildman–Crippen MR) is 119 cm³/mol. The van der Waals surface area contributed by atoms with Gasteiger partial charge in [0.05, 0.1) is 33.8 Å². The summed E-state index contributed by atoms with van der Waals surface area (Å²) in [4.78, 5) is 23.5. The fourth-order valence-corrected chi connectivity index (χ4v) is 5.56. The van der Waals surface area contributed by atoms with E-state index in [1.807, 2.05) is 0 Å². The molecule has 2 heterocycles. The molecule has 1 aliphatic carbocycles. The van der Waals surface area contributed by atoms with Gasteiger partial charge in [0.2, 0.25) is 0 Å². The summed E-state index contributed by atoms with van der Waals surface area (Å²) in [6, 6.07) is 6.07. The maximum atomic E-state index is 13.0. The summed E-state index contributed by atoms with van der Waals surface area (Å²) in [6.07, 6.45) is 3.27. The van der Waals surface area contributed by atoms with E-state index in [2.05, 4.69) is 15.5 Å². The van der Waals surface area contributed by atoms with E-state index in [-0.39, 0.29) is 22.0 Å². The number of sulfone groups is 1. The molecular weight excluding hydrogens is 454 g/mol. The highest BCUT2D eigenvalue weighted by Crippen LogP contribution is 2.33. The maximum Gasteiger partial charge on any atom is 0.280 e. The second kappa shape index (κ2) is 8.89.